The molecule has 0 aliphatic carbocycles. The van der Waals surface area contributed by atoms with Crippen LogP contribution in [0, 0.1) is 0 Å². The van der Waals surface area contributed by atoms with Gasteiger partial charge in [0.1, 0.15) is 0 Å². The van der Waals surface area contributed by atoms with Crippen molar-refractivity contribution in [3.63, 3.8) is 0 Å². The number of allylic oxidation sites excluding steroid dienone is 1. The predicted molar refractivity (Wildman–Crippen MR) is 62.9 cm³/mol. The van der Waals surface area contributed by atoms with Crippen LogP contribution in [0.15, 0.2) is 12.7 Å². The van der Waals surface area contributed by atoms with Crippen LogP contribution in [-0.2, 0) is 14.4 Å². The van der Waals surface area contributed by atoms with Crippen LogP contribution in [0.25, 0.3) is 0 Å². The van der Waals surface area contributed by atoms with Crippen LogP contribution in [-0.4, -0.2) is 33.2 Å². The summed E-state index contributed by atoms with van der Waals surface area (Å²) in [6, 6.07) is 0. The quantitative estimate of drug-likeness (QED) is 0.641. The summed E-state index contributed by atoms with van der Waals surface area (Å²) < 4.78 is 0. The van der Waals surface area contributed by atoms with Crippen molar-refractivity contribution in [2.24, 2.45) is 0 Å². The number of carboxylic acids is 3. The molecule has 0 saturated carbocycles. The second-order valence-corrected chi connectivity index (χ2v) is 2.88. The molecule has 0 unspecified atom stereocenters. The maximum atomic E-state index is 9.71. The molecule has 0 amide bonds. The lowest BCUT2D eigenvalue weighted by Crippen LogP contribution is -1.90. The van der Waals surface area contributed by atoms with Gasteiger partial charge in [-0.05, 0) is 12.8 Å². The number of hydrogen-bond donors (Lipinski definition) is 3. The van der Waals surface area contributed by atoms with Crippen molar-refractivity contribution >= 4 is 17.9 Å². The number of carbonyl (C=O) groups is 3. The molecule has 0 radical (unpaired) electrons. The lowest BCUT2D eigenvalue weighted by atomic mass is 10.3. The zero-order chi connectivity index (χ0) is 14.3. The van der Waals surface area contributed by atoms with E-state index in [1.54, 1.807) is 6.08 Å². The minimum absolute atomic E-state index is 0.198. The molecule has 0 fully saturated rings. The fraction of sp³-hybridized carbons (Fsp3) is 0.545. The van der Waals surface area contributed by atoms with Gasteiger partial charge in [-0.2, -0.15) is 0 Å². The summed E-state index contributed by atoms with van der Waals surface area (Å²) in [5.41, 5.74) is 0. The van der Waals surface area contributed by atoms with Crippen molar-refractivity contribution in [1.29, 1.82) is 0 Å². The van der Waals surface area contributed by atoms with E-state index in [1.165, 1.54) is 0 Å². The summed E-state index contributed by atoms with van der Waals surface area (Å²) in [4.78, 5) is 28.3. The third-order valence-electron chi connectivity index (χ3n) is 1.03. The smallest absolute Gasteiger partial charge is 0.303 e. The van der Waals surface area contributed by atoms with Crippen molar-refractivity contribution in [3.05, 3.63) is 12.7 Å². The van der Waals surface area contributed by atoms with E-state index in [1.807, 2.05) is 6.92 Å². The van der Waals surface area contributed by atoms with E-state index in [0.717, 1.165) is 13.3 Å². The van der Waals surface area contributed by atoms with Crippen LogP contribution in [0.2, 0.25) is 0 Å². The second-order valence-electron chi connectivity index (χ2n) is 2.88. The van der Waals surface area contributed by atoms with Gasteiger partial charge in [0.25, 0.3) is 5.97 Å². The van der Waals surface area contributed by atoms with E-state index in [2.05, 4.69) is 6.58 Å². The first-order valence-electron chi connectivity index (χ1n) is 5.01. The molecule has 6 nitrogen and oxygen atoms in total. The molecule has 0 aliphatic rings. The third kappa shape index (κ3) is 78.8. The van der Waals surface area contributed by atoms with Gasteiger partial charge in [-0.15, -0.1) is 6.58 Å². The van der Waals surface area contributed by atoms with Gasteiger partial charge in [-0.25, -0.2) is 0 Å². The molecule has 17 heavy (non-hydrogen) atoms. The highest BCUT2D eigenvalue weighted by Crippen LogP contribution is 1.86. The van der Waals surface area contributed by atoms with Crippen LogP contribution in [0.4, 0.5) is 0 Å². The molecule has 0 atom stereocenters. The Morgan fingerprint density at radius 1 is 1.06 bits per heavy atom. The van der Waals surface area contributed by atoms with Crippen molar-refractivity contribution in [3.8, 4) is 0 Å². The average molecular weight is 248 g/mol. The average Bonchev–Trinajstić information content (AvgIpc) is 2.14. The van der Waals surface area contributed by atoms with E-state index >= 15 is 0 Å². The Bertz CT molecular complexity index is 230. The van der Waals surface area contributed by atoms with Crippen LogP contribution < -0.4 is 0 Å². The summed E-state index contributed by atoms with van der Waals surface area (Å²) >= 11 is 0. The molecule has 0 saturated heterocycles. The Morgan fingerprint density at radius 3 is 1.47 bits per heavy atom. The van der Waals surface area contributed by atoms with E-state index in [-0.39, 0.29) is 6.42 Å². The highest BCUT2D eigenvalue weighted by Gasteiger charge is 1.89. The molecule has 6 heteroatoms. The van der Waals surface area contributed by atoms with E-state index in [4.69, 9.17) is 20.1 Å². The van der Waals surface area contributed by atoms with Crippen LogP contribution >= 0.6 is 0 Å². The number of hydrogen-bond acceptors (Lipinski definition) is 3. The molecular formula is C11H20O6. The maximum Gasteiger partial charge on any atom is 0.303 e. The summed E-state index contributed by atoms with van der Waals surface area (Å²) in [5.74, 6) is -2.31. The first-order valence-corrected chi connectivity index (χ1v) is 5.01. The predicted octanol–water partition coefficient (Wildman–Crippen LogP) is 2.00. The lowest BCUT2D eigenvalue weighted by Gasteiger charge is -1.82. The van der Waals surface area contributed by atoms with Crippen LogP contribution in [0.5, 0.6) is 0 Å². The molecule has 0 bridgehead atoms. The number of aliphatic carboxylic acids is 3. The van der Waals surface area contributed by atoms with Crippen molar-refractivity contribution < 1.29 is 29.7 Å². The van der Waals surface area contributed by atoms with Crippen molar-refractivity contribution in [2.45, 2.75) is 39.5 Å². The van der Waals surface area contributed by atoms with Gasteiger partial charge in [-0.3, -0.25) is 14.4 Å². The Hall–Kier alpha value is -1.85. The highest BCUT2D eigenvalue weighted by molar-refractivity contribution is 5.66. The van der Waals surface area contributed by atoms with Gasteiger partial charge in [0.05, 0.1) is 0 Å². The first kappa shape index (κ1) is 20.5. The fourth-order valence-corrected chi connectivity index (χ4v) is 0.439. The summed E-state index contributed by atoms with van der Waals surface area (Å²) in [6.45, 7) is 6.29. The molecule has 0 spiro atoms. The highest BCUT2D eigenvalue weighted by atomic mass is 16.4. The van der Waals surface area contributed by atoms with E-state index in [0.29, 0.717) is 12.8 Å². The van der Waals surface area contributed by atoms with E-state index in [9.17, 15) is 9.59 Å². The Labute approximate surface area is 101 Å². The topological polar surface area (TPSA) is 112 Å². The maximum absolute atomic E-state index is 9.71. The van der Waals surface area contributed by atoms with Gasteiger partial charge in [0.2, 0.25) is 0 Å². The SMILES string of the molecule is C=CCCC(=O)O.CC(=O)O.CCCC(=O)O. The summed E-state index contributed by atoms with van der Waals surface area (Å²) in [7, 11) is 0. The zero-order valence-corrected chi connectivity index (χ0v) is 10.2. The van der Waals surface area contributed by atoms with Gasteiger partial charge in [-0.1, -0.05) is 13.0 Å². The molecule has 3 N–H and O–H groups in total. The van der Waals surface area contributed by atoms with Gasteiger partial charge in [0, 0.05) is 19.8 Å². The Morgan fingerprint density at radius 2 is 1.41 bits per heavy atom. The third-order valence-corrected chi connectivity index (χ3v) is 1.03. The number of rotatable bonds is 5. The van der Waals surface area contributed by atoms with Crippen LogP contribution in [0.3, 0.4) is 0 Å². The van der Waals surface area contributed by atoms with Crippen molar-refractivity contribution in [2.75, 3.05) is 0 Å². The standard InChI is InChI=1S/C5H8O2.C4H8O2.C2H4O2/c1-2-3-4-5(6)7;1-2-3-4(5)6;1-2(3)4/h2H,1,3-4H2,(H,6,7);2-3H2,1H3,(H,5,6);1H3,(H,3,4). The van der Waals surface area contributed by atoms with Gasteiger partial charge < -0.3 is 15.3 Å². The molecule has 100 valence electrons. The number of carboxylic acid groups (broad SMARTS) is 3. The molecule has 0 rings (SSSR count). The van der Waals surface area contributed by atoms with Gasteiger partial charge >= 0.3 is 11.9 Å². The normalized spacial score (nSPS) is 7.65. The summed E-state index contributed by atoms with van der Waals surface area (Å²) in [5, 5.41) is 23.3. The summed E-state index contributed by atoms with van der Waals surface area (Å²) in [6.07, 6.45) is 3.38. The molecule has 0 aromatic carbocycles. The fourth-order valence-electron chi connectivity index (χ4n) is 0.439. The molecular weight excluding hydrogens is 228 g/mol. The minimum atomic E-state index is -0.833. The monoisotopic (exact) mass is 248 g/mol. The second kappa shape index (κ2) is 16.6. The largest absolute Gasteiger partial charge is 0.481 e. The van der Waals surface area contributed by atoms with Crippen LogP contribution in [0.1, 0.15) is 39.5 Å². The lowest BCUT2D eigenvalue weighted by molar-refractivity contribution is -0.138. The Kier molecular flexibility index (Phi) is 20.0. The van der Waals surface area contributed by atoms with Crippen molar-refractivity contribution in [1.82, 2.24) is 0 Å². The molecule has 0 aliphatic heterocycles. The molecule has 0 aromatic rings. The Balaban J connectivity index is -0.000000180. The molecule has 0 aromatic heterocycles. The van der Waals surface area contributed by atoms with Gasteiger partial charge in [0.15, 0.2) is 0 Å². The van der Waals surface area contributed by atoms with E-state index < -0.39 is 17.9 Å². The molecule has 0 heterocycles. The first-order chi connectivity index (χ1) is 7.77. The zero-order valence-electron chi connectivity index (χ0n) is 10.2. The minimum Gasteiger partial charge on any atom is -0.481 e.